The first kappa shape index (κ1) is 17.7. The molecule has 0 atom stereocenters. The Morgan fingerprint density at radius 2 is 1.96 bits per heavy atom. The molecule has 0 unspecified atom stereocenters. The van der Waals surface area contributed by atoms with E-state index in [1.807, 2.05) is 25.1 Å². The van der Waals surface area contributed by atoms with Gasteiger partial charge in [0.05, 0.1) is 5.56 Å². The van der Waals surface area contributed by atoms with Crippen molar-refractivity contribution in [1.29, 1.82) is 0 Å². The summed E-state index contributed by atoms with van der Waals surface area (Å²) in [5.41, 5.74) is 2.24. The highest BCUT2D eigenvalue weighted by molar-refractivity contribution is 9.10. The molecule has 0 aliphatic carbocycles. The van der Waals surface area contributed by atoms with E-state index in [1.165, 1.54) is 6.07 Å². The fraction of sp³-hybridized carbons (Fsp3) is 0.316. The fourth-order valence-electron chi connectivity index (χ4n) is 2.40. The van der Waals surface area contributed by atoms with Gasteiger partial charge in [-0.1, -0.05) is 37.6 Å². The molecule has 0 aromatic heterocycles. The third kappa shape index (κ3) is 4.64. The molecule has 2 aromatic rings. The minimum Gasteiger partial charge on any atom is -0.334 e. The van der Waals surface area contributed by atoms with E-state index in [2.05, 4.69) is 22.9 Å². The lowest BCUT2D eigenvalue weighted by molar-refractivity contribution is 0.0738. The molecule has 0 N–H and O–H groups in total. The lowest BCUT2D eigenvalue weighted by Gasteiger charge is -2.23. The number of benzene rings is 2. The number of rotatable bonds is 6. The van der Waals surface area contributed by atoms with Gasteiger partial charge >= 0.3 is 0 Å². The Bertz CT molecular complexity index is 687. The van der Waals surface area contributed by atoms with Crippen molar-refractivity contribution in [2.75, 3.05) is 6.54 Å². The van der Waals surface area contributed by atoms with Gasteiger partial charge in [-0.05, 0) is 53.0 Å². The van der Waals surface area contributed by atoms with Crippen LogP contribution in [-0.2, 0) is 6.54 Å². The molecule has 122 valence electrons. The number of nitrogens with zero attached hydrogens (tertiary/aromatic N) is 1. The van der Waals surface area contributed by atoms with Crippen molar-refractivity contribution in [3.8, 4) is 0 Å². The molecule has 0 spiro atoms. The Hall–Kier alpha value is -1.68. The topological polar surface area (TPSA) is 20.3 Å². The van der Waals surface area contributed by atoms with E-state index in [0.29, 0.717) is 17.7 Å². The van der Waals surface area contributed by atoms with Crippen molar-refractivity contribution >= 4 is 21.8 Å². The molecule has 0 saturated carbocycles. The summed E-state index contributed by atoms with van der Waals surface area (Å²) in [6, 6.07) is 12.3. The Balaban J connectivity index is 2.26. The molecular formula is C19H21BrFNO. The van der Waals surface area contributed by atoms with E-state index in [1.54, 1.807) is 23.1 Å². The van der Waals surface area contributed by atoms with Gasteiger partial charge in [-0.2, -0.15) is 0 Å². The standard InChI is InChI=1S/C19H21BrFNO/c1-3-4-11-22(13-15-7-5-6-8-18(15)21)19(23)16-10-9-14(2)12-17(16)20/h5-10,12H,3-4,11,13H2,1-2H3. The van der Waals surface area contributed by atoms with Crippen LogP contribution in [0.2, 0.25) is 0 Å². The SMILES string of the molecule is CCCCN(Cc1ccccc1F)C(=O)c1ccc(C)cc1Br. The molecule has 1 amide bonds. The summed E-state index contributed by atoms with van der Waals surface area (Å²) >= 11 is 3.46. The number of unbranched alkanes of at least 4 members (excludes halogenated alkanes) is 1. The third-order valence-corrected chi connectivity index (χ3v) is 4.40. The number of hydrogen-bond acceptors (Lipinski definition) is 1. The average molecular weight is 378 g/mol. The zero-order valence-electron chi connectivity index (χ0n) is 13.5. The predicted octanol–water partition coefficient (Wildman–Crippen LogP) is 5.34. The first-order valence-electron chi connectivity index (χ1n) is 7.81. The smallest absolute Gasteiger partial charge is 0.255 e. The molecule has 2 aromatic carbocycles. The first-order valence-corrected chi connectivity index (χ1v) is 8.61. The highest BCUT2D eigenvalue weighted by Gasteiger charge is 2.19. The van der Waals surface area contributed by atoms with E-state index < -0.39 is 0 Å². The van der Waals surface area contributed by atoms with Gasteiger partial charge in [0.2, 0.25) is 0 Å². The van der Waals surface area contributed by atoms with E-state index in [-0.39, 0.29) is 18.3 Å². The van der Waals surface area contributed by atoms with Crippen molar-refractivity contribution in [2.45, 2.75) is 33.2 Å². The first-order chi connectivity index (χ1) is 11.0. The van der Waals surface area contributed by atoms with Gasteiger partial charge in [0, 0.05) is 23.1 Å². The maximum Gasteiger partial charge on any atom is 0.255 e. The van der Waals surface area contributed by atoms with Crippen molar-refractivity contribution in [3.63, 3.8) is 0 Å². The molecule has 0 saturated heterocycles. The molecular weight excluding hydrogens is 357 g/mol. The van der Waals surface area contributed by atoms with Crippen LogP contribution in [-0.4, -0.2) is 17.4 Å². The van der Waals surface area contributed by atoms with Gasteiger partial charge in [-0.15, -0.1) is 0 Å². The average Bonchev–Trinajstić information content (AvgIpc) is 2.52. The molecule has 0 aliphatic heterocycles. The number of carbonyl (C=O) groups is 1. The molecule has 2 rings (SSSR count). The predicted molar refractivity (Wildman–Crippen MR) is 94.9 cm³/mol. The second kappa shape index (κ2) is 8.25. The Morgan fingerprint density at radius 1 is 1.22 bits per heavy atom. The second-order valence-electron chi connectivity index (χ2n) is 5.65. The summed E-state index contributed by atoms with van der Waals surface area (Å²) in [5.74, 6) is -0.349. The second-order valence-corrected chi connectivity index (χ2v) is 6.51. The van der Waals surface area contributed by atoms with Crippen LogP contribution in [0.3, 0.4) is 0 Å². The summed E-state index contributed by atoms with van der Waals surface area (Å²) in [6.45, 7) is 4.95. The number of carbonyl (C=O) groups excluding carboxylic acids is 1. The summed E-state index contributed by atoms with van der Waals surface area (Å²) in [6.07, 6.45) is 1.87. The number of aryl methyl sites for hydroxylation is 1. The summed E-state index contributed by atoms with van der Waals surface area (Å²) < 4.78 is 14.7. The molecule has 0 radical (unpaired) electrons. The molecule has 23 heavy (non-hydrogen) atoms. The van der Waals surface area contributed by atoms with E-state index in [9.17, 15) is 9.18 Å². The third-order valence-electron chi connectivity index (χ3n) is 3.74. The lowest BCUT2D eigenvalue weighted by atomic mass is 10.1. The van der Waals surface area contributed by atoms with E-state index >= 15 is 0 Å². The molecule has 0 aliphatic rings. The highest BCUT2D eigenvalue weighted by Crippen LogP contribution is 2.22. The minimum absolute atomic E-state index is 0.0754. The largest absolute Gasteiger partial charge is 0.334 e. The van der Waals surface area contributed by atoms with Crippen LogP contribution < -0.4 is 0 Å². The van der Waals surface area contributed by atoms with Crippen molar-refractivity contribution in [1.82, 2.24) is 4.90 Å². The van der Waals surface area contributed by atoms with Crippen LogP contribution in [0.4, 0.5) is 4.39 Å². The van der Waals surface area contributed by atoms with Crippen molar-refractivity contribution in [2.24, 2.45) is 0 Å². The molecule has 0 fully saturated rings. The van der Waals surface area contributed by atoms with Crippen LogP contribution in [0.1, 0.15) is 41.3 Å². The van der Waals surface area contributed by atoms with Gasteiger partial charge in [-0.3, -0.25) is 4.79 Å². The molecule has 4 heteroatoms. The summed E-state index contributed by atoms with van der Waals surface area (Å²) in [7, 11) is 0. The Kier molecular flexibility index (Phi) is 6.34. The highest BCUT2D eigenvalue weighted by atomic mass is 79.9. The zero-order valence-corrected chi connectivity index (χ0v) is 15.1. The monoisotopic (exact) mass is 377 g/mol. The van der Waals surface area contributed by atoms with Crippen LogP contribution >= 0.6 is 15.9 Å². The van der Waals surface area contributed by atoms with Gasteiger partial charge in [0.25, 0.3) is 5.91 Å². The van der Waals surface area contributed by atoms with Crippen LogP contribution in [0.15, 0.2) is 46.9 Å². The molecule has 0 bridgehead atoms. The lowest BCUT2D eigenvalue weighted by Crippen LogP contribution is -2.32. The van der Waals surface area contributed by atoms with E-state index in [0.717, 1.165) is 22.9 Å². The van der Waals surface area contributed by atoms with Crippen LogP contribution in [0.25, 0.3) is 0 Å². The molecule has 2 nitrogen and oxygen atoms in total. The molecule has 0 heterocycles. The zero-order chi connectivity index (χ0) is 16.8. The van der Waals surface area contributed by atoms with Gasteiger partial charge in [0.15, 0.2) is 0 Å². The van der Waals surface area contributed by atoms with Crippen LogP contribution in [0, 0.1) is 12.7 Å². The maximum atomic E-state index is 13.9. The minimum atomic E-state index is -0.273. The quantitative estimate of drug-likeness (QED) is 0.665. The number of hydrogen-bond donors (Lipinski definition) is 0. The van der Waals surface area contributed by atoms with Crippen molar-refractivity contribution < 1.29 is 9.18 Å². The van der Waals surface area contributed by atoms with Crippen LogP contribution in [0.5, 0.6) is 0 Å². The van der Waals surface area contributed by atoms with Gasteiger partial charge in [-0.25, -0.2) is 4.39 Å². The maximum absolute atomic E-state index is 13.9. The normalized spacial score (nSPS) is 10.6. The number of amides is 1. The fourth-order valence-corrected chi connectivity index (χ4v) is 3.06. The van der Waals surface area contributed by atoms with Crippen molar-refractivity contribution in [3.05, 3.63) is 69.4 Å². The van der Waals surface area contributed by atoms with Gasteiger partial charge in [0.1, 0.15) is 5.82 Å². The Morgan fingerprint density at radius 3 is 2.61 bits per heavy atom. The van der Waals surface area contributed by atoms with Gasteiger partial charge < -0.3 is 4.90 Å². The summed E-state index contributed by atoms with van der Waals surface area (Å²) in [4.78, 5) is 14.6. The summed E-state index contributed by atoms with van der Waals surface area (Å²) in [5, 5.41) is 0. The Labute approximate surface area is 145 Å². The number of halogens is 2. The van der Waals surface area contributed by atoms with E-state index in [4.69, 9.17) is 0 Å².